The number of aryl methyl sites for hydroxylation is 2. The molecule has 2 aromatic rings. The first-order valence-corrected chi connectivity index (χ1v) is 6.66. The summed E-state index contributed by atoms with van der Waals surface area (Å²) < 4.78 is 13.1. The van der Waals surface area contributed by atoms with Gasteiger partial charge < -0.3 is 4.90 Å². The second kappa shape index (κ2) is 5.87. The van der Waals surface area contributed by atoms with Crippen LogP contribution in [0.5, 0.6) is 0 Å². The second-order valence-electron chi connectivity index (χ2n) is 4.84. The van der Waals surface area contributed by atoms with Crippen molar-refractivity contribution in [1.29, 1.82) is 0 Å². The van der Waals surface area contributed by atoms with Crippen LogP contribution < -0.4 is 4.90 Å². The fourth-order valence-corrected chi connectivity index (χ4v) is 2.12. The van der Waals surface area contributed by atoms with Gasteiger partial charge in [-0.25, -0.2) is 4.39 Å². The Kier molecular flexibility index (Phi) is 4.18. The van der Waals surface area contributed by atoms with Crippen molar-refractivity contribution in [3.05, 3.63) is 65.0 Å². The minimum Gasteiger partial charge on any atom is -0.311 e. The molecule has 0 atom stereocenters. The van der Waals surface area contributed by atoms with E-state index in [1.165, 1.54) is 23.8 Å². The molecule has 0 saturated heterocycles. The lowest BCUT2D eigenvalue weighted by molar-refractivity contribution is 0.0992. The molecule has 1 amide bonds. The molecule has 0 fully saturated rings. The van der Waals surface area contributed by atoms with Crippen LogP contribution in [0.15, 0.2) is 42.5 Å². The van der Waals surface area contributed by atoms with Gasteiger partial charge in [0.15, 0.2) is 0 Å². The van der Waals surface area contributed by atoms with Crippen molar-refractivity contribution in [2.24, 2.45) is 0 Å². The zero-order valence-electron chi connectivity index (χ0n) is 12.0. The number of halogens is 1. The fourth-order valence-electron chi connectivity index (χ4n) is 2.12. The molecule has 2 nitrogen and oxygen atoms in total. The molecule has 0 spiro atoms. The third kappa shape index (κ3) is 2.87. The molecule has 2 rings (SSSR count). The van der Waals surface area contributed by atoms with E-state index in [1.807, 2.05) is 24.3 Å². The number of carbonyl (C=O) groups excluding carboxylic acids is 1. The summed E-state index contributed by atoms with van der Waals surface area (Å²) in [5.74, 6) is -0.458. The van der Waals surface area contributed by atoms with E-state index >= 15 is 0 Å². The predicted octanol–water partition coefficient (Wildman–Crippen LogP) is 3.97. The van der Waals surface area contributed by atoms with Crippen LogP contribution in [0.4, 0.5) is 10.1 Å². The fraction of sp³-hybridized carbons (Fsp3) is 0.235. The quantitative estimate of drug-likeness (QED) is 0.827. The highest BCUT2D eigenvalue weighted by molar-refractivity contribution is 6.06. The van der Waals surface area contributed by atoms with Crippen LogP contribution in [-0.4, -0.2) is 13.0 Å². The van der Waals surface area contributed by atoms with E-state index in [1.54, 1.807) is 18.9 Å². The molecule has 0 unspecified atom stereocenters. The van der Waals surface area contributed by atoms with Crippen LogP contribution in [0, 0.1) is 12.7 Å². The monoisotopic (exact) mass is 271 g/mol. The maximum atomic E-state index is 13.1. The van der Waals surface area contributed by atoms with Gasteiger partial charge in [0.1, 0.15) is 5.82 Å². The summed E-state index contributed by atoms with van der Waals surface area (Å²) in [5, 5.41) is 0. The summed E-state index contributed by atoms with van der Waals surface area (Å²) in [6.45, 7) is 3.83. The SMILES string of the molecule is CCc1ccc(N(C)C(=O)c2ccc(F)cc2C)cc1. The molecule has 2 aromatic carbocycles. The first kappa shape index (κ1) is 14.3. The van der Waals surface area contributed by atoms with E-state index in [0.717, 1.165) is 12.1 Å². The van der Waals surface area contributed by atoms with E-state index < -0.39 is 0 Å². The van der Waals surface area contributed by atoms with Gasteiger partial charge in [0.2, 0.25) is 0 Å². The minimum atomic E-state index is -0.325. The molecule has 0 heterocycles. The van der Waals surface area contributed by atoms with Crippen LogP contribution in [0.25, 0.3) is 0 Å². The van der Waals surface area contributed by atoms with Crippen molar-refractivity contribution in [1.82, 2.24) is 0 Å². The molecular formula is C17H18FNO. The van der Waals surface area contributed by atoms with Crippen LogP contribution in [-0.2, 0) is 6.42 Å². The number of rotatable bonds is 3. The van der Waals surface area contributed by atoms with Crippen molar-refractivity contribution in [3.8, 4) is 0 Å². The zero-order chi connectivity index (χ0) is 14.7. The van der Waals surface area contributed by atoms with E-state index in [0.29, 0.717) is 11.1 Å². The van der Waals surface area contributed by atoms with Crippen molar-refractivity contribution >= 4 is 11.6 Å². The molecule has 0 bridgehead atoms. The number of carbonyl (C=O) groups is 1. The lowest BCUT2D eigenvalue weighted by Gasteiger charge is -2.19. The Hall–Kier alpha value is -2.16. The highest BCUT2D eigenvalue weighted by atomic mass is 19.1. The van der Waals surface area contributed by atoms with E-state index in [2.05, 4.69) is 6.92 Å². The standard InChI is InChI=1S/C17H18FNO/c1-4-13-5-8-15(9-6-13)19(3)17(20)16-10-7-14(18)11-12(16)2/h5-11H,4H2,1-3H3. The maximum Gasteiger partial charge on any atom is 0.258 e. The Bertz CT molecular complexity index is 619. The molecule has 20 heavy (non-hydrogen) atoms. The Morgan fingerprint density at radius 1 is 1.15 bits per heavy atom. The van der Waals surface area contributed by atoms with Crippen LogP contribution in [0.2, 0.25) is 0 Å². The highest BCUT2D eigenvalue weighted by Gasteiger charge is 2.15. The number of hydrogen-bond acceptors (Lipinski definition) is 1. The third-order valence-corrected chi connectivity index (χ3v) is 3.46. The van der Waals surface area contributed by atoms with Gasteiger partial charge in [-0.15, -0.1) is 0 Å². The topological polar surface area (TPSA) is 20.3 Å². The predicted molar refractivity (Wildman–Crippen MR) is 79.7 cm³/mol. The molecule has 0 aromatic heterocycles. The summed E-state index contributed by atoms with van der Waals surface area (Å²) in [4.78, 5) is 14.0. The molecule has 0 aliphatic heterocycles. The molecule has 0 saturated carbocycles. The lowest BCUT2D eigenvalue weighted by Crippen LogP contribution is -2.26. The molecule has 0 N–H and O–H groups in total. The Morgan fingerprint density at radius 2 is 1.80 bits per heavy atom. The number of nitrogens with zero attached hydrogens (tertiary/aromatic N) is 1. The summed E-state index contributed by atoms with van der Waals surface area (Å²) >= 11 is 0. The molecule has 3 heteroatoms. The Morgan fingerprint density at radius 3 is 2.35 bits per heavy atom. The average molecular weight is 271 g/mol. The molecular weight excluding hydrogens is 253 g/mol. The lowest BCUT2D eigenvalue weighted by atomic mass is 10.1. The van der Waals surface area contributed by atoms with E-state index in [9.17, 15) is 9.18 Å². The van der Waals surface area contributed by atoms with Gasteiger partial charge >= 0.3 is 0 Å². The maximum absolute atomic E-state index is 13.1. The van der Waals surface area contributed by atoms with Gasteiger partial charge in [-0.05, 0) is 54.8 Å². The number of benzene rings is 2. The van der Waals surface area contributed by atoms with Crippen molar-refractivity contribution in [2.75, 3.05) is 11.9 Å². The summed E-state index contributed by atoms with van der Waals surface area (Å²) in [7, 11) is 1.73. The summed E-state index contributed by atoms with van der Waals surface area (Å²) in [5.41, 5.74) is 3.23. The van der Waals surface area contributed by atoms with Gasteiger partial charge in [0.25, 0.3) is 5.91 Å². The first-order chi connectivity index (χ1) is 9.52. The molecule has 0 aliphatic rings. The first-order valence-electron chi connectivity index (χ1n) is 6.66. The summed E-state index contributed by atoms with van der Waals surface area (Å²) in [6, 6.07) is 12.1. The molecule has 0 radical (unpaired) electrons. The van der Waals surface area contributed by atoms with Crippen molar-refractivity contribution < 1.29 is 9.18 Å². The largest absolute Gasteiger partial charge is 0.311 e. The molecule has 104 valence electrons. The second-order valence-corrected chi connectivity index (χ2v) is 4.84. The number of anilines is 1. The normalized spacial score (nSPS) is 10.4. The van der Waals surface area contributed by atoms with Gasteiger partial charge in [-0.1, -0.05) is 19.1 Å². The van der Waals surface area contributed by atoms with Crippen LogP contribution in [0.3, 0.4) is 0 Å². The Labute approximate surface area is 118 Å². The zero-order valence-corrected chi connectivity index (χ0v) is 12.0. The van der Waals surface area contributed by atoms with E-state index in [4.69, 9.17) is 0 Å². The van der Waals surface area contributed by atoms with Crippen LogP contribution in [0.1, 0.15) is 28.4 Å². The van der Waals surface area contributed by atoms with Gasteiger partial charge in [0, 0.05) is 18.3 Å². The van der Waals surface area contributed by atoms with Crippen LogP contribution >= 0.6 is 0 Å². The van der Waals surface area contributed by atoms with Gasteiger partial charge in [0.05, 0.1) is 0 Å². The Balaban J connectivity index is 2.27. The minimum absolute atomic E-state index is 0.133. The highest BCUT2D eigenvalue weighted by Crippen LogP contribution is 2.19. The van der Waals surface area contributed by atoms with Gasteiger partial charge in [-0.2, -0.15) is 0 Å². The van der Waals surface area contributed by atoms with Crippen molar-refractivity contribution in [2.45, 2.75) is 20.3 Å². The third-order valence-electron chi connectivity index (χ3n) is 3.46. The summed E-state index contributed by atoms with van der Waals surface area (Å²) in [6.07, 6.45) is 0.967. The van der Waals surface area contributed by atoms with Crippen molar-refractivity contribution in [3.63, 3.8) is 0 Å². The van der Waals surface area contributed by atoms with Gasteiger partial charge in [-0.3, -0.25) is 4.79 Å². The molecule has 0 aliphatic carbocycles. The average Bonchev–Trinajstić information content (AvgIpc) is 2.46. The van der Waals surface area contributed by atoms with E-state index in [-0.39, 0.29) is 11.7 Å². The number of hydrogen-bond donors (Lipinski definition) is 0. The smallest absolute Gasteiger partial charge is 0.258 e. The number of amides is 1.